The van der Waals surface area contributed by atoms with Crippen molar-refractivity contribution in [3.63, 3.8) is 0 Å². The average molecular weight is 283 g/mol. The molecule has 1 aromatic rings. The van der Waals surface area contributed by atoms with Gasteiger partial charge in [0.1, 0.15) is 0 Å². The van der Waals surface area contributed by atoms with Crippen molar-refractivity contribution in [1.82, 2.24) is 0 Å². The second-order valence-electron chi connectivity index (χ2n) is 4.55. The largest absolute Gasteiger partial charge is 0.378 e. The first-order valence-electron chi connectivity index (χ1n) is 6.16. The van der Waals surface area contributed by atoms with E-state index in [-0.39, 0.29) is 0 Å². The van der Waals surface area contributed by atoms with Gasteiger partial charge in [0, 0.05) is 11.1 Å². The van der Waals surface area contributed by atoms with Gasteiger partial charge in [-0.15, -0.1) is 0 Å². The molecule has 0 aromatic heterocycles. The molecule has 0 aliphatic carbocycles. The Morgan fingerprint density at radius 3 is 2.75 bits per heavy atom. The number of benzene rings is 1. The van der Waals surface area contributed by atoms with Crippen LogP contribution in [0.5, 0.6) is 0 Å². The lowest BCUT2D eigenvalue weighted by atomic mass is 9.87. The SMILES string of the molecule is CCCC1CC(c2ccc(Br)cc2)CCO1. The summed E-state index contributed by atoms with van der Waals surface area (Å²) < 4.78 is 6.95. The van der Waals surface area contributed by atoms with Gasteiger partial charge in [0.25, 0.3) is 0 Å². The minimum absolute atomic E-state index is 0.479. The zero-order chi connectivity index (χ0) is 11.4. The van der Waals surface area contributed by atoms with E-state index in [1.54, 1.807) is 0 Å². The number of ether oxygens (including phenoxy) is 1. The van der Waals surface area contributed by atoms with Crippen molar-refractivity contribution < 1.29 is 4.74 Å². The average Bonchev–Trinajstić information content (AvgIpc) is 2.31. The van der Waals surface area contributed by atoms with Gasteiger partial charge in [-0.05, 0) is 42.9 Å². The lowest BCUT2D eigenvalue weighted by Gasteiger charge is -2.29. The van der Waals surface area contributed by atoms with Crippen molar-refractivity contribution in [2.75, 3.05) is 6.61 Å². The summed E-state index contributed by atoms with van der Waals surface area (Å²) in [4.78, 5) is 0. The molecule has 88 valence electrons. The Balaban J connectivity index is 2.01. The predicted molar refractivity (Wildman–Crippen MR) is 70.8 cm³/mol. The van der Waals surface area contributed by atoms with Gasteiger partial charge in [-0.3, -0.25) is 0 Å². The van der Waals surface area contributed by atoms with Crippen LogP contribution in [0.15, 0.2) is 28.7 Å². The third kappa shape index (κ3) is 3.08. The summed E-state index contributed by atoms with van der Waals surface area (Å²) >= 11 is 3.48. The van der Waals surface area contributed by atoms with Crippen LogP contribution in [0, 0.1) is 0 Å². The summed E-state index contributed by atoms with van der Waals surface area (Å²) in [7, 11) is 0. The minimum Gasteiger partial charge on any atom is -0.378 e. The minimum atomic E-state index is 0.479. The summed E-state index contributed by atoms with van der Waals surface area (Å²) in [6, 6.07) is 8.76. The van der Waals surface area contributed by atoms with Crippen LogP contribution in [0.25, 0.3) is 0 Å². The lowest BCUT2D eigenvalue weighted by molar-refractivity contribution is 0.00162. The Kier molecular flexibility index (Phi) is 4.42. The molecule has 1 aliphatic rings. The van der Waals surface area contributed by atoms with Crippen molar-refractivity contribution in [1.29, 1.82) is 0 Å². The molecule has 1 fully saturated rings. The second kappa shape index (κ2) is 5.83. The Labute approximate surface area is 106 Å². The van der Waals surface area contributed by atoms with Crippen molar-refractivity contribution in [3.8, 4) is 0 Å². The molecule has 0 saturated carbocycles. The molecule has 2 heteroatoms. The van der Waals surface area contributed by atoms with Crippen LogP contribution in [0.1, 0.15) is 44.1 Å². The Bertz CT molecular complexity index is 318. The van der Waals surface area contributed by atoms with Crippen LogP contribution in [0.3, 0.4) is 0 Å². The van der Waals surface area contributed by atoms with E-state index >= 15 is 0 Å². The van der Waals surface area contributed by atoms with E-state index in [4.69, 9.17) is 4.74 Å². The van der Waals surface area contributed by atoms with Gasteiger partial charge >= 0.3 is 0 Å². The summed E-state index contributed by atoms with van der Waals surface area (Å²) in [5.41, 5.74) is 1.47. The predicted octanol–water partition coefficient (Wildman–Crippen LogP) is 4.51. The molecule has 0 N–H and O–H groups in total. The zero-order valence-corrected chi connectivity index (χ0v) is 11.4. The Hall–Kier alpha value is -0.340. The van der Waals surface area contributed by atoms with E-state index < -0.39 is 0 Å². The summed E-state index contributed by atoms with van der Waals surface area (Å²) in [5.74, 6) is 0.693. The third-order valence-electron chi connectivity index (χ3n) is 3.32. The topological polar surface area (TPSA) is 9.23 Å². The van der Waals surface area contributed by atoms with E-state index in [1.165, 1.54) is 31.2 Å². The molecular weight excluding hydrogens is 264 g/mol. The maximum Gasteiger partial charge on any atom is 0.0580 e. The maximum absolute atomic E-state index is 5.78. The Morgan fingerprint density at radius 2 is 2.06 bits per heavy atom. The van der Waals surface area contributed by atoms with Crippen LogP contribution in [-0.2, 0) is 4.74 Å². The molecule has 1 nitrogen and oxygen atoms in total. The van der Waals surface area contributed by atoms with Gasteiger partial charge < -0.3 is 4.74 Å². The highest BCUT2D eigenvalue weighted by molar-refractivity contribution is 9.10. The van der Waals surface area contributed by atoms with Gasteiger partial charge in [0.2, 0.25) is 0 Å². The van der Waals surface area contributed by atoms with Gasteiger partial charge in [-0.2, -0.15) is 0 Å². The highest BCUT2D eigenvalue weighted by Gasteiger charge is 2.22. The van der Waals surface area contributed by atoms with Crippen LogP contribution < -0.4 is 0 Å². The quantitative estimate of drug-likeness (QED) is 0.793. The van der Waals surface area contributed by atoms with Crippen molar-refractivity contribution in [3.05, 3.63) is 34.3 Å². The molecule has 1 aromatic carbocycles. The fourth-order valence-electron chi connectivity index (χ4n) is 2.44. The number of hydrogen-bond donors (Lipinski definition) is 0. The summed E-state index contributed by atoms with van der Waals surface area (Å²) in [6.07, 6.45) is 5.26. The van der Waals surface area contributed by atoms with Crippen LogP contribution in [-0.4, -0.2) is 12.7 Å². The summed E-state index contributed by atoms with van der Waals surface area (Å²) in [6.45, 7) is 3.15. The van der Waals surface area contributed by atoms with Crippen molar-refractivity contribution in [2.45, 2.75) is 44.6 Å². The van der Waals surface area contributed by atoms with Gasteiger partial charge in [-0.25, -0.2) is 0 Å². The highest BCUT2D eigenvalue weighted by atomic mass is 79.9. The lowest BCUT2D eigenvalue weighted by Crippen LogP contribution is -2.24. The molecule has 2 rings (SSSR count). The molecule has 16 heavy (non-hydrogen) atoms. The van der Waals surface area contributed by atoms with Crippen molar-refractivity contribution >= 4 is 15.9 Å². The van der Waals surface area contributed by atoms with Gasteiger partial charge in [0.05, 0.1) is 6.10 Å². The molecule has 2 unspecified atom stereocenters. The van der Waals surface area contributed by atoms with Crippen LogP contribution in [0.4, 0.5) is 0 Å². The van der Waals surface area contributed by atoms with Gasteiger partial charge in [0.15, 0.2) is 0 Å². The number of halogens is 1. The molecule has 0 bridgehead atoms. The molecule has 0 radical (unpaired) electrons. The van der Waals surface area contributed by atoms with Crippen LogP contribution >= 0.6 is 15.9 Å². The van der Waals surface area contributed by atoms with Crippen LogP contribution in [0.2, 0.25) is 0 Å². The first kappa shape index (κ1) is 12.1. The molecule has 0 spiro atoms. The van der Waals surface area contributed by atoms with E-state index in [0.29, 0.717) is 12.0 Å². The molecular formula is C14H19BrO. The fraction of sp³-hybridized carbons (Fsp3) is 0.571. The zero-order valence-electron chi connectivity index (χ0n) is 9.79. The standard InChI is InChI=1S/C14H19BrO/c1-2-3-14-10-12(8-9-16-14)11-4-6-13(15)7-5-11/h4-7,12,14H,2-3,8-10H2,1H3. The maximum atomic E-state index is 5.78. The summed E-state index contributed by atoms with van der Waals surface area (Å²) in [5, 5.41) is 0. The van der Waals surface area contributed by atoms with E-state index in [0.717, 1.165) is 11.1 Å². The van der Waals surface area contributed by atoms with E-state index in [2.05, 4.69) is 47.1 Å². The Morgan fingerprint density at radius 1 is 1.31 bits per heavy atom. The molecule has 1 aliphatic heterocycles. The van der Waals surface area contributed by atoms with E-state index in [1.807, 2.05) is 0 Å². The number of hydrogen-bond acceptors (Lipinski definition) is 1. The molecule has 1 heterocycles. The molecule has 0 amide bonds. The van der Waals surface area contributed by atoms with E-state index in [9.17, 15) is 0 Å². The fourth-order valence-corrected chi connectivity index (χ4v) is 2.71. The molecule has 1 saturated heterocycles. The monoisotopic (exact) mass is 282 g/mol. The smallest absolute Gasteiger partial charge is 0.0580 e. The highest BCUT2D eigenvalue weighted by Crippen LogP contribution is 2.32. The first-order chi connectivity index (χ1) is 7.79. The second-order valence-corrected chi connectivity index (χ2v) is 5.47. The third-order valence-corrected chi connectivity index (χ3v) is 3.85. The van der Waals surface area contributed by atoms with Crippen molar-refractivity contribution in [2.24, 2.45) is 0 Å². The number of rotatable bonds is 3. The van der Waals surface area contributed by atoms with Gasteiger partial charge in [-0.1, -0.05) is 41.4 Å². The first-order valence-corrected chi connectivity index (χ1v) is 6.96. The normalized spacial score (nSPS) is 25.6. The molecule has 2 atom stereocenters.